The van der Waals surface area contributed by atoms with Gasteiger partial charge in [0.15, 0.2) is 11.6 Å². The van der Waals surface area contributed by atoms with Crippen LogP contribution in [0, 0.1) is 11.8 Å². The molecule has 1 aliphatic rings. The maximum Gasteiger partial charge on any atom is 0.168 e. The molecular formula is C31H31N3. The monoisotopic (exact) mass is 445 g/mol. The Morgan fingerprint density at radius 2 is 1.35 bits per heavy atom. The topological polar surface area (TPSA) is 30.7 Å². The second kappa shape index (κ2) is 10.0. The molecule has 0 amide bonds. The Bertz CT molecular complexity index is 1280. The van der Waals surface area contributed by atoms with Crippen molar-refractivity contribution in [2.24, 2.45) is 11.8 Å². The fraction of sp³-hybridized carbons (Fsp3) is 0.226. The van der Waals surface area contributed by atoms with Crippen LogP contribution in [0.3, 0.4) is 0 Å². The molecule has 3 aromatic carbocycles. The number of benzene rings is 3. The highest BCUT2D eigenvalue weighted by Crippen LogP contribution is 2.34. The lowest BCUT2D eigenvalue weighted by Gasteiger charge is -2.23. The average Bonchev–Trinajstić information content (AvgIpc) is 3.34. The number of aromatic nitrogens is 3. The first-order valence-corrected chi connectivity index (χ1v) is 12.3. The number of hydrogen-bond donors (Lipinski definition) is 0. The van der Waals surface area contributed by atoms with Crippen LogP contribution in [0.4, 0.5) is 0 Å². The second-order valence-corrected chi connectivity index (χ2v) is 9.11. The van der Waals surface area contributed by atoms with Gasteiger partial charge in [0.05, 0.1) is 0 Å². The van der Waals surface area contributed by atoms with E-state index >= 15 is 0 Å². The zero-order chi connectivity index (χ0) is 23.3. The molecule has 0 N–H and O–H groups in total. The molecule has 0 radical (unpaired) electrons. The van der Waals surface area contributed by atoms with Crippen molar-refractivity contribution in [3.63, 3.8) is 0 Å². The zero-order valence-corrected chi connectivity index (χ0v) is 19.9. The van der Waals surface area contributed by atoms with Crippen molar-refractivity contribution in [1.29, 1.82) is 0 Å². The minimum absolute atomic E-state index is 0.487. The van der Waals surface area contributed by atoms with Gasteiger partial charge >= 0.3 is 0 Å². The van der Waals surface area contributed by atoms with E-state index in [2.05, 4.69) is 120 Å². The molecule has 3 heteroatoms. The number of rotatable bonds is 7. The zero-order valence-electron chi connectivity index (χ0n) is 19.9. The first kappa shape index (κ1) is 22.1. The lowest BCUT2D eigenvalue weighted by molar-refractivity contribution is 0.455. The molecule has 0 bridgehead atoms. The van der Waals surface area contributed by atoms with Crippen molar-refractivity contribution in [2.45, 2.75) is 33.1 Å². The van der Waals surface area contributed by atoms with Gasteiger partial charge in [0.2, 0.25) is 0 Å². The predicted molar refractivity (Wildman–Crippen MR) is 142 cm³/mol. The van der Waals surface area contributed by atoms with E-state index in [-0.39, 0.29) is 0 Å². The molecule has 0 saturated carbocycles. The van der Waals surface area contributed by atoms with Crippen molar-refractivity contribution in [3.8, 4) is 28.2 Å². The molecule has 2 atom stereocenters. The fourth-order valence-electron chi connectivity index (χ4n) is 4.74. The third kappa shape index (κ3) is 4.51. The van der Waals surface area contributed by atoms with Gasteiger partial charge in [-0.25, -0.2) is 0 Å². The summed E-state index contributed by atoms with van der Waals surface area (Å²) in [6.07, 6.45) is 10.7. The summed E-state index contributed by atoms with van der Waals surface area (Å²) >= 11 is 0. The van der Waals surface area contributed by atoms with Gasteiger partial charge in [0, 0.05) is 16.8 Å². The van der Waals surface area contributed by atoms with Crippen molar-refractivity contribution < 1.29 is 0 Å². The van der Waals surface area contributed by atoms with Gasteiger partial charge in [0.25, 0.3) is 0 Å². The molecule has 170 valence electrons. The summed E-state index contributed by atoms with van der Waals surface area (Å²) in [5.41, 5.74) is 5.67. The van der Waals surface area contributed by atoms with E-state index in [9.17, 15) is 0 Å². The van der Waals surface area contributed by atoms with Crippen molar-refractivity contribution in [3.05, 3.63) is 109 Å². The Morgan fingerprint density at radius 1 is 0.735 bits per heavy atom. The summed E-state index contributed by atoms with van der Waals surface area (Å²) < 4.78 is 2.19. The number of para-hydroxylation sites is 1. The van der Waals surface area contributed by atoms with Gasteiger partial charge in [-0.05, 0) is 41.5 Å². The Hall–Kier alpha value is -3.72. The van der Waals surface area contributed by atoms with Gasteiger partial charge in [-0.3, -0.25) is 4.57 Å². The molecule has 0 fully saturated rings. The maximum absolute atomic E-state index is 4.69. The number of nitrogens with zero attached hydrogens (tertiary/aromatic N) is 3. The molecular weight excluding hydrogens is 414 g/mol. The molecule has 1 heterocycles. The molecule has 1 aliphatic carbocycles. The molecule has 2 unspecified atom stereocenters. The summed E-state index contributed by atoms with van der Waals surface area (Å²) in [7, 11) is 0. The van der Waals surface area contributed by atoms with Crippen LogP contribution in [0.15, 0.2) is 103 Å². The normalized spacial score (nSPS) is 17.5. The van der Waals surface area contributed by atoms with Gasteiger partial charge < -0.3 is 0 Å². The van der Waals surface area contributed by atoms with Crippen LogP contribution in [0.1, 0.15) is 38.9 Å². The van der Waals surface area contributed by atoms with Crippen LogP contribution in [-0.4, -0.2) is 14.8 Å². The highest BCUT2D eigenvalue weighted by molar-refractivity contribution is 5.75. The standard InChI is InChI=1S/C31H31N3/c1-3-4-11-24-16-21-28(22-23(24)2)31-33-32-30(34(31)29-14-9-6-10-15-29)27-19-17-26(18-20-27)25-12-7-5-8-13-25/h5-10,12-24H,3-4,11H2,1-2H3. The smallest absolute Gasteiger partial charge is 0.168 e. The molecule has 5 rings (SSSR count). The Morgan fingerprint density at radius 3 is 2.03 bits per heavy atom. The summed E-state index contributed by atoms with van der Waals surface area (Å²) in [6, 6.07) is 29.5. The molecule has 3 nitrogen and oxygen atoms in total. The highest BCUT2D eigenvalue weighted by Gasteiger charge is 2.22. The number of hydrogen-bond acceptors (Lipinski definition) is 2. The van der Waals surface area contributed by atoms with Crippen molar-refractivity contribution in [2.75, 3.05) is 0 Å². The van der Waals surface area contributed by atoms with E-state index in [4.69, 9.17) is 0 Å². The number of unbranched alkanes of at least 4 members (excludes halogenated alkanes) is 1. The Labute approximate surface area is 202 Å². The largest absolute Gasteiger partial charge is 0.275 e. The van der Waals surface area contributed by atoms with Crippen LogP contribution in [0.2, 0.25) is 0 Å². The van der Waals surface area contributed by atoms with E-state index in [1.165, 1.54) is 30.4 Å². The highest BCUT2D eigenvalue weighted by atomic mass is 15.3. The molecule has 0 saturated heterocycles. The average molecular weight is 446 g/mol. The Kier molecular flexibility index (Phi) is 6.53. The first-order valence-electron chi connectivity index (χ1n) is 12.3. The molecule has 0 spiro atoms. The minimum Gasteiger partial charge on any atom is -0.275 e. The Balaban J connectivity index is 1.53. The van der Waals surface area contributed by atoms with Crippen molar-refractivity contribution in [1.82, 2.24) is 14.8 Å². The van der Waals surface area contributed by atoms with E-state index in [1.807, 2.05) is 12.1 Å². The van der Waals surface area contributed by atoms with E-state index < -0.39 is 0 Å². The number of allylic oxidation sites excluding steroid dienone is 4. The van der Waals surface area contributed by atoms with E-state index in [1.54, 1.807) is 0 Å². The predicted octanol–water partition coefficient (Wildman–Crippen LogP) is 8.00. The minimum atomic E-state index is 0.487. The molecule has 1 aromatic heterocycles. The first-order chi connectivity index (χ1) is 16.7. The summed E-state index contributed by atoms with van der Waals surface area (Å²) in [6.45, 7) is 4.57. The summed E-state index contributed by atoms with van der Waals surface area (Å²) in [4.78, 5) is 0. The van der Waals surface area contributed by atoms with Crippen LogP contribution < -0.4 is 0 Å². The lowest BCUT2D eigenvalue weighted by Crippen LogP contribution is -2.12. The lowest BCUT2D eigenvalue weighted by atomic mass is 9.83. The van der Waals surface area contributed by atoms with Crippen molar-refractivity contribution >= 4 is 5.57 Å². The fourth-order valence-corrected chi connectivity index (χ4v) is 4.74. The van der Waals surface area contributed by atoms with Crippen LogP contribution >= 0.6 is 0 Å². The van der Waals surface area contributed by atoms with Gasteiger partial charge in [-0.2, -0.15) is 0 Å². The van der Waals surface area contributed by atoms with Crippen LogP contribution in [-0.2, 0) is 0 Å². The van der Waals surface area contributed by atoms with Gasteiger partial charge in [0.1, 0.15) is 0 Å². The molecule has 4 aromatic rings. The SMILES string of the molecule is CCCCC1C=CC(c2nnc(-c3ccc(-c4ccccc4)cc3)n2-c2ccccc2)=CC1C. The summed E-state index contributed by atoms with van der Waals surface area (Å²) in [5.74, 6) is 2.84. The van der Waals surface area contributed by atoms with Gasteiger partial charge in [-0.1, -0.05) is 118 Å². The van der Waals surface area contributed by atoms with E-state index in [0.717, 1.165) is 28.5 Å². The van der Waals surface area contributed by atoms with E-state index in [0.29, 0.717) is 11.8 Å². The maximum atomic E-state index is 4.69. The quantitative estimate of drug-likeness (QED) is 0.288. The third-order valence-corrected chi connectivity index (χ3v) is 6.72. The van der Waals surface area contributed by atoms with Crippen LogP contribution in [0.5, 0.6) is 0 Å². The molecule has 0 aliphatic heterocycles. The third-order valence-electron chi connectivity index (χ3n) is 6.72. The second-order valence-electron chi connectivity index (χ2n) is 9.11. The van der Waals surface area contributed by atoms with Crippen LogP contribution in [0.25, 0.3) is 33.8 Å². The summed E-state index contributed by atoms with van der Waals surface area (Å²) in [5, 5.41) is 9.36. The van der Waals surface area contributed by atoms with Gasteiger partial charge in [-0.15, -0.1) is 10.2 Å². The molecule has 34 heavy (non-hydrogen) atoms.